The summed E-state index contributed by atoms with van der Waals surface area (Å²) in [6, 6.07) is 0. The van der Waals surface area contributed by atoms with Crippen LogP contribution in [0.15, 0.2) is 0 Å². The van der Waals surface area contributed by atoms with Crippen molar-refractivity contribution in [1.29, 1.82) is 0 Å². The second-order valence-electron chi connectivity index (χ2n) is 6.53. The van der Waals surface area contributed by atoms with E-state index in [-0.39, 0.29) is 23.7 Å². The second-order valence-corrected chi connectivity index (χ2v) is 7.29. The number of carbonyl (C=O) groups is 2. The summed E-state index contributed by atoms with van der Waals surface area (Å²) in [4.78, 5) is 25.7. The van der Waals surface area contributed by atoms with Gasteiger partial charge in [-0.3, -0.25) is 9.59 Å². The molecule has 0 bridgehead atoms. The molecular formula is C14H21N3O3S. The number of carboxylic acid groups (broad SMARTS) is 1. The van der Waals surface area contributed by atoms with Crippen LogP contribution in [-0.2, 0) is 10.2 Å². The van der Waals surface area contributed by atoms with Gasteiger partial charge in [0.25, 0.3) is 5.91 Å². The highest BCUT2D eigenvalue weighted by molar-refractivity contribution is 7.08. The number of carbonyl (C=O) groups excluding carboxylic acids is 1. The van der Waals surface area contributed by atoms with Crippen molar-refractivity contribution in [3.05, 3.63) is 10.6 Å². The average Bonchev–Trinajstić information content (AvgIpc) is 2.87. The van der Waals surface area contributed by atoms with E-state index < -0.39 is 5.97 Å². The molecule has 116 valence electrons. The summed E-state index contributed by atoms with van der Waals surface area (Å²) in [5.41, 5.74) is 0.532. The first-order valence-corrected chi connectivity index (χ1v) is 7.90. The average molecular weight is 311 g/mol. The van der Waals surface area contributed by atoms with Gasteiger partial charge in [0.1, 0.15) is 4.88 Å². The quantitative estimate of drug-likeness (QED) is 0.925. The van der Waals surface area contributed by atoms with Gasteiger partial charge in [0, 0.05) is 24.9 Å². The van der Waals surface area contributed by atoms with Crippen LogP contribution in [0.2, 0.25) is 0 Å². The first kappa shape index (κ1) is 15.9. The van der Waals surface area contributed by atoms with Gasteiger partial charge in [0.05, 0.1) is 5.69 Å². The summed E-state index contributed by atoms with van der Waals surface area (Å²) in [5.74, 6) is -0.613. The van der Waals surface area contributed by atoms with Crippen LogP contribution < -0.4 is 0 Å². The summed E-state index contributed by atoms with van der Waals surface area (Å²) < 4.78 is 3.93. The van der Waals surface area contributed by atoms with Crippen LogP contribution in [0.1, 0.15) is 55.4 Å². The SMILES string of the molecule is CC(C)(C)c1nnsc1C(=O)N1CCC(CC(=O)O)CC1. The van der Waals surface area contributed by atoms with Gasteiger partial charge < -0.3 is 10.0 Å². The van der Waals surface area contributed by atoms with Gasteiger partial charge in [-0.15, -0.1) is 5.10 Å². The Morgan fingerprint density at radius 1 is 1.33 bits per heavy atom. The Labute approximate surface area is 128 Å². The van der Waals surface area contributed by atoms with Crippen molar-refractivity contribution in [2.45, 2.75) is 45.4 Å². The molecule has 0 radical (unpaired) electrons. The van der Waals surface area contributed by atoms with Gasteiger partial charge in [-0.25, -0.2) is 0 Å². The van der Waals surface area contributed by atoms with Crippen molar-refractivity contribution in [3.8, 4) is 0 Å². The van der Waals surface area contributed by atoms with Gasteiger partial charge in [-0.2, -0.15) is 0 Å². The van der Waals surface area contributed by atoms with Crippen molar-refractivity contribution >= 4 is 23.4 Å². The number of piperidine rings is 1. The number of carboxylic acids is 1. The van der Waals surface area contributed by atoms with Gasteiger partial charge in [-0.1, -0.05) is 25.3 Å². The van der Waals surface area contributed by atoms with Crippen molar-refractivity contribution in [2.75, 3.05) is 13.1 Å². The zero-order valence-corrected chi connectivity index (χ0v) is 13.4. The van der Waals surface area contributed by atoms with Crippen LogP contribution in [0.5, 0.6) is 0 Å². The summed E-state index contributed by atoms with van der Waals surface area (Å²) in [5, 5.41) is 12.9. The summed E-state index contributed by atoms with van der Waals surface area (Å²) >= 11 is 1.14. The number of aliphatic carboxylic acids is 1. The van der Waals surface area contributed by atoms with Crippen LogP contribution in [0.25, 0.3) is 0 Å². The molecular weight excluding hydrogens is 290 g/mol. The monoisotopic (exact) mass is 311 g/mol. The maximum Gasteiger partial charge on any atom is 0.303 e. The largest absolute Gasteiger partial charge is 0.481 e. The standard InChI is InChI=1S/C14H21N3O3S/c1-14(2,3)12-11(21-16-15-12)13(20)17-6-4-9(5-7-17)8-10(18)19/h9H,4-8H2,1-3H3,(H,18,19). The van der Waals surface area contributed by atoms with Gasteiger partial charge in [-0.05, 0) is 30.3 Å². The summed E-state index contributed by atoms with van der Waals surface area (Å²) in [7, 11) is 0. The zero-order chi connectivity index (χ0) is 15.6. The molecule has 2 rings (SSSR count). The van der Waals surface area contributed by atoms with Crippen molar-refractivity contribution < 1.29 is 14.7 Å². The minimum atomic E-state index is -0.763. The van der Waals surface area contributed by atoms with Gasteiger partial charge >= 0.3 is 5.97 Å². The van der Waals surface area contributed by atoms with Crippen LogP contribution >= 0.6 is 11.5 Å². The van der Waals surface area contributed by atoms with Gasteiger partial charge in [0.2, 0.25) is 0 Å². The third-order valence-electron chi connectivity index (χ3n) is 3.76. The van der Waals surface area contributed by atoms with E-state index in [0.29, 0.717) is 18.0 Å². The Hall–Kier alpha value is -1.50. The molecule has 6 nitrogen and oxygen atoms in total. The fourth-order valence-electron chi connectivity index (χ4n) is 2.55. The molecule has 0 atom stereocenters. The zero-order valence-electron chi connectivity index (χ0n) is 12.6. The lowest BCUT2D eigenvalue weighted by Crippen LogP contribution is -2.39. The molecule has 0 saturated carbocycles. The molecule has 1 aliphatic heterocycles. The Kier molecular flexibility index (Phi) is 4.61. The number of hydrogen-bond donors (Lipinski definition) is 1. The third kappa shape index (κ3) is 3.78. The lowest BCUT2D eigenvalue weighted by atomic mass is 9.90. The number of hydrogen-bond acceptors (Lipinski definition) is 5. The molecule has 1 N–H and O–H groups in total. The minimum absolute atomic E-state index is 0.0244. The van der Waals surface area contributed by atoms with Gasteiger partial charge in [0.15, 0.2) is 0 Å². The molecule has 1 fully saturated rings. The van der Waals surface area contributed by atoms with Crippen molar-refractivity contribution in [1.82, 2.24) is 14.5 Å². The molecule has 1 aromatic rings. The van der Waals surface area contributed by atoms with Crippen molar-refractivity contribution in [2.24, 2.45) is 5.92 Å². The van der Waals surface area contributed by atoms with E-state index in [1.807, 2.05) is 20.8 Å². The molecule has 2 heterocycles. The van der Waals surface area contributed by atoms with E-state index in [1.165, 1.54) is 0 Å². The predicted molar refractivity (Wildman–Crippen MR) is 79.5 cm³/mol. The Morgan fingerprint density at radius 3 is 2.48 bits per heavy atom. The smallest absolute Gasteiger partial charge is 0.303 e. The molecule has 21 heavy (non-hydrogen) atoms. The molecule has 0 aromatic carbocycles. The Bertz CT molecular complexity index is 528. The van der Waals surface area contributed by atoms with Crippen LogP contribution in [0.3, 0.4) is 0 Å². The highest BCUT2D eigenvalue weighted by atomic mass is 32.1. The fourth-order valence-corrected chi connectivity index (χ4v) is 3.40. The minimum Gasteiger partial charge on any atom is -0.481 e. The third-order valence-corrected chi connectivity index (χ3v) is 4.47. The van der Waals surface area contributed by atoms with Crippen LogP contribution in [-0.4, -0.2) is 44.6 Å². The number of nitrogens with zero attached hydrogens (tertiary/aromatic N) is 3. The van der Waals surface area contributed by atoms with Crippen molar-refractivity contribution in [3.63, 3.8) is 0 Å². The summed E-state index contributed by atoms with van der Waals surface area (Å²) in [6.07, 6.45) is 1.68. The highest BCUT2D eigenvalue weighted by Crippen LogP contribution is 2.28. The first-order chi connectivity index (χ1) is 9.79. The predicted octanol–water partition coefficient (Wildman–Crippen LogP) is 2.16. The van der Waals surface area contributed by atoms with E-state index >= 15 is 0 Å². The number of aromatic nitrogens is 2. The van der Waals surface area contributed by atoms with E-state index in [9.17, 15) is 9.59 Å². The van der Waals surface area contributed by atoms with E-state index in [1.54, 1.807) is 4.90 Å². The maximum absolute atomic E-state index is 12.6. The number of likely N-dealkylation sites (tertiary alicyclic amines) is 1. The number of rotatable bonds is 3. The Balaban J connectivity index is 2.03. The van der Waals surface area contributed by atoms with E-state index in [2.05, 4.69) is 9.59 Å². The molecule has 0 unspecified atom stereocenters. The lowest BCUT2D eigenvalue weighted by molar-refractivity contribution is -0.138. The molecule has 1 saturated heterocycles. The molecule has 1 aliphatic rings. The van der Waals surface area contributed by atoms with Crippen LogP contribution in [0, 0.1) is 5.92 Å². The van der Waals surface area contributed by atoms with Crippen LogP contribution in [0.4, 0.5) is 0 Å². The van der Waals surface area contributed by atoms with E-state index in [4.69, 9.17) is 5.11 Å². The maximum atomic E-state index is 12.6. The van der Waals surface area contributed by atoms with E-state index in [0.717, 1.165) is 30.1 Å². The topological polar surface area (TPSA) is 83.4 Å². The molecule has 0 spiro atoms. The highest BCUT2D eigenvalue weighted by Gasteiger charge is 2.31. The Morgan fingerprint density at radius 2 is 1.95 bits per heavy atom. The molecule has 7 heteroatoms. The first-order valence-electron chi connectivity index (χ1n) is 7.13. The second kappa shape index (κ2) is 6.09. The normalized spacial score (nSPS) is 17.0. The summed E-state index contributed by atoms with van der Waals surface area (Å²) in [6.45, 7) is 7.26. The molecule has 1 aromatic heterocycles. The lowest BCUT2D eigenvalue weighted by Gasteiger charge is -2.31. The molecule has 1 amide bonds. The molecule has 0 aliphatic carbocycles. The number of amides is 1. The fraction of sp³-hybridized carbons (Fsp3) is 0.714.